The van der Waals surface area contributed by atoms with Crippen LogP contribution in [0.25, 0.3) is 0 Å². The van der Waals surface area contributed by atoms with Crippen molar-refractivity contribution >= 4 is 29.9 Å². The zero-order chi connectivity index (χ0) is 18.1. The third-order valence-electron chi connectivity index (χ3n) is 5.17. The average Bonchev–Trinajstić information content (AvgIpc) is 3.15. The maximum atomic E-state index is 5.96. The average molecular weight is 482 g/mol. The van der Waals surface area contributed by atoms with Crippen molar-refractivity contribution in [3.05, 3.63) is 0 Å². The molecule has 2 saturated heterocycles. The number of nitrogens with zero attached hydrogens (tertiary/aromatic N) is 3. The normalized spacial score (nSPS) is 24.2. The molecule has 0 aromatic rings. The van der Waals surface area contributed by atoms with Gasteiger partial charge in [0.05, 0.1) is 12.7 Å². The van der Waals surface area contributed by atoms with Crippen molar-refractivity contribution in [1.82, 2.24) is 15.1 Å². The number of morpholine rings is 1. The van der Waals surface area contributed by atoms with E-state index in [-0.39, 0.29) is 36.2 Å². The van der Waals surface area contributed by atoms with E-state index in [0.29, 0.717) is 6.04 Å². The molecule has 2 atom stereocenters. The molecule has 7 heteroatoms. The summed E-state index contributed by atoms with van der Waals surface area (Å²) in [5.41, 5.74) is 0. The molecule has 2 aliphatic rings. The van der Waals surface area contributed by atoms with Crippen LogP contribution < -0.4 is 5.32 Å². The fraction of sp³-hybridized carbons (Fsp3) is 0.947. The summed E-state index contributed by atoms with van der Waals surface area (Å²) in [5.74, 6) is 1.03. The summed E-state index contributed by atoms with van der Waals surface area (Å²) in [6.07, 6.45) is 5.04. The molecular weight excluding hydrogens is 443 g/mol. The summed E-state index contributed by atoms with van der Waals surface area (Å²) in [5, 5.41) is 3.45. The van der Waals surface area contributed by atoms with Gasteiger partial charge in [-0.3, -0.25) is 4.99 Å². The summed E-state index contributed by atoms with van der Waals surface area (Å²) in [7, 11) is 2.19. The van der Waals surface area contributed by atoms with Gasteiger partial charge in [0.1, 0.15) is 6.10 Å². The van der Waals surface area contributed by atoms with Crippen molar-refractivity contribution in [2.24, 2.45) is 4.99 Å². The van der Waals surface area contributed by atoms with Crippen LogP contribution in [-0.4, -0.2) is 87.0 Å². The Kier molecular flexibility index (Phi) is 12.1. The van der Waals surface area contributed by atoms with Gasteiger partial charge in [-0.1, -0.05) is 0 Å². The topological polar surface area (TPSA) is 49.3 Å². The Balaban J connectivity index is 0.00000338. The van der Waals surface area contributed by atoms with Crippen LogP contribution in [0.5, 0.6) is 0 Å². The molecule has 6 nitrogen and oxygen atoms in total. The van der Waals surface area contributed by atoms with E-state index in [9.17, 15) is 0 Å². The van der Waals surface area contributed by atoms with Gasteiger partial charge in [0.2, 0.25) is 0 Å². The minimum Gasteiger partial charge on any atom is -0.375 e. The van der Waals surface area contributed by atoms with Gasteiger partial charge in [-0.05, 0) is 60.0 Å². The van der Waals surface area contributed by atoms with E-state index in [1.54, 1.807) is 0 Å². The molecule has 2 heterocycles. The Morgan fingerprint density at radius 3 is 2.65 bits per heavy atom. The number of halogens is 1. The molecule has 0 bridgehead atoms. The first-order chi connectivity index (χ1) is 12.1. The van der Waals surface area contributed by atoms with Crippen LogP contribution in [0.3, 0.4) is 0 Å². The number of hydrogen-bond acceptors (Lipinski definition) is 4. The number of aliphatic imine (C=N–C) groups is 1. The van der Waals surface area contributed by atoms with Gasteiger partial charge in [-0.2, -0.15) is 0 Å². The Bertz CT molecular complexity index is 403. The van der Waals surface area contributed by atoms with Crippen LogP contribution in [0.15, 0.2) is 4.99 Å². The van der Waals surface area contributed by atoms with Gasteiger partial charge >= 0.3 is 0 Å². The zero-order valence-corrected chi connectivity index (χ0v) is 19.4. The van der Waals surface area contributed by atoms with E-state index in [1.807, 2.05) is 0 Å². The molecule has 2 aliphatic heterocycles. The highest BCUT2D eigenvalue weighted by Crippen LogP contribution is 2.21. The number of unbranched alkanes of at least 4 members (excludes halogenated alkanes) is 1. The summed E-state index contributed by atoms with van der Waals surface area (Å²) < 4.78 is 11.8. The summed E-state index contributed by atoms with van der Waals surface area (Å²) >= 11 is 0. The molecular formula is C19H39IN4O2. The van der Waals surface area contributed by atoms with Crippen molar-refractivity contribution in [2.75, 3.05) is 53.0 Å². The quantitative estimate of drug-likeness (QED) is 0.250. The zero-order valence-electron chi connectivity index (χ0n) is 17.1. The molecule has 2 fully saturated rings. The van der Waals surface area contributed by atoms with Gasteiger partial charge in [0, 0.05) is 38.8 Å². The fourth-order valence-corrected chi connectivity index (χ4v) is 3.33. The smallest absolute Gasteiger partial charge is 0.194 e. The first-order valence-corrected chi connectivity index (χ1v) is 10.1. The SMILES string of the molecule is CCNC(=NCCCCN(C)C(C)C)N1CCOC(C2CCCO2)C1.I. The molecule has 1 N–H and O–H groups in total. The lowest BCUT2D eigenvalue weighted by Gasteiger charge is -2.37. The van der Waals surface area contributed by atoms with E-state index in [0.717, 1.165) is 71.2 Å². The van der Waals surface area contributed by atoms with Crippen LogP contribution >= 0.6 is 24.0 Å². The molecule has 0 amide bonds. The summed E-state index contributed by atoms with van der Waals surface area (Å²) in [4.78, 5) is 9.60. The highest BCUT2D eigenvalue weighted by molar-refractivity contribution is 14.0. The van der Waals surface area contributed by atoms with Crippen molar-refractivity contribution in [3.8, 4) is 0 Å². The molecule has 2 rings (SSSR count). The molecule has 0 aromatic carbocycles. The lowest BCUT2D eigenvalue weighted by Crippen LogP contribution is -2.53. The van der Waals surface area contributed by atoms with Crippen LogP contribution in [-0.2, 0) is 9.47 Å². The Labute approximate surface area is 177 Å². The maximum Gasteiger partial charge on any atom is 0.194 e. The molecule has 26 heavy (non-hydrogen) atoms. The number of nitrogens with one attached hydrogen (secondary N) is 1. The number of hydrogen-bond donors (Lipinski definition) is 1. The van der Waals surface area contributed by atoms with Gasteiger partial charge in [0.25, 0.3) is 0 Å². The minimum atomic E-state index is 0. The maximum absolute atomic E-state index is 5.96. The van der Waals surface area contributed by atoms with Crippen molar-refractivity contribution < 1.29 is 9.47 Å². The molecule has 0 spiro atoms. The Morgan fingerprint density at radius 1 is 1.23 bits per heavy atom. The van der Waals surface area contributed by atoms with Crippen LogP contribution in [0.4, 0.5) is 0 Å². The predicted molar refractivity (Wildman–Crippen MR) is 119 cm³/mol. The second-order valence-electron chi connectivity index (χ2n) is 7.42. The molecule has 0 aliphatic carbocycles. The highest BCUT2D eigenvalue weighted by Gasteiger charge is 2.32. The molecule has 154 valence electrons. The monoisotopic (exact) mass is 482 g/mol. The molecule has 2 unspecified atom stereocenters. The second-order valence-corrected chi connectivity index (χ2v) is 7.42. The largest absolute Gasteiger partial charge is 0.375 e. The first-order valence-electron chi connectivity index (χ1n) is 10.1. The molecule has 0 radical (unpaired) electrons. The second kappa shape index (κ2) is 13.1. The van der Waals surface area contributed by atoms with Gasteiger partial charge in [-0.15, -0.1) is 24.0 Å². The van der Waals surface area contributed by atoms with Gasteiger partial charge in [-0.25, -0.2) is 0 Å². The third kappa shape index (κ3) is 7.86. The Morgan fingerprint density at radius 2 is 2.00 bits per heavy atom. The Hall–Kier alpha value is -0.120. The first kappa shape index (κ1) is 23.9. The highest BCUT2D eigenvalue weighted by atomic mass is 127. The summed E-state index contributed by atoms with van der Waals surface area (Å²) in [6.45, 7) is 13.0. The summed E-state index contributed by atoms with van der Waals surface area (Å²) in [6, 6.07) is 0.615. The van der Waals surface area contributed by atoms with Crippen molar-refractivity contribution in [1.29, 1.82) is 0 Å². The number of rotatable bonds is 8. The minimum absolute atomic E-state index is 0. The van der Waals surface area contributed by atoms with E-state index in [2.05, 4.69) is 42.9 Å². The predicted octanol–water partition coefficient (Wildman–Crippen LogP) is 2.57. The number of ether oxygens (including phenoxy) is 2. The fourth-order valence-electron chi connectivity index (χ4n) is 3.33. The third-order valence-corrected chi connectivity index (χ3v) is 5.17. The van der Waals surface area contributed by atoms with Gasteiger partial charge < -0.3 is 24.6 Å². The van der Waals surface area contributed by atoms with Crippen LogP contribution in [0, 0.1) is 0 Å². The molecule has 0 saturated carbocycles. The van der Waals surface area contributed by atoms with Gasteiger partial charge in [0.15, 0.2) is 5.96 Å². The van der Waals surface area contributed by atoms with Crippen LogP contribution in [0.1, 0.15) is 46.5 Å². The van der Waals surface area contributed by atoms with Crippen molar-refractivity contribution in [3.63, 3.8) is 0 Å². The van der Waals surface area contributed by atoms with Crippen LogP contribution in [0.2, 0.25) is 0 Å². The van der Waals surface area contributed by atoms with Crippen molar-refractivity contribution in [2.45, 2.75) is 64.7 Å². The van der Waals surface area contributed by atoms with E-state index in [1.165, 1.54) is 6.42 Å². The standard InChI is InChI=1S/C19H38N4O2.HI/c1-5-20-19(21-10-6-7-11-22(4)16(2)3)23-12-14-25-18(15-23)17-9-8-13-24-17;/h16-18H,5-15H2,1-4H3,(H,20,21);1H. The van der Waals surface area contributed by atoms with E-state index >= 15 is 0 Å². The van der Waals surface area contributed by atoms with E-state index < -0.39 is 0 Å². The number of guanidine groups is 1. The molecule has 0 aromatic heterocycles. The lowest BCUT2D eigenvalue weighted by atomic mass is 10.1. The lowest BCUT2D eigenvalue weighted by molar-refractivity contribution is -0.0817. The van der Waals surface area contributed by atoms with E-state index in [4.69, 9.17) is 14.5 Å².